The first-order chi connectivity index (χ1) is 15.1. The van der Waals surface area contributed by atoms with E-state index in [0.717, 1.165) is 15.5 Å². The molecule has 0 atom stereocenters. The van der Waals surface area contributed by atoms with Crippen LogP contribution in [0.4, 0.5) is 9.52 Å². The quantitative estimate of drug-likeness (QED) is 0.435. The number of anilines is 1. The summed E-state index contributed by atoms with van der Waals surface area (Å²) in [6, 6.07) is 15.6. The molecule has 1 aliphatic rings. The normalized spacial score (nSPS) is 15.2. The summed E-state index contributed by atoms with van der Waals surface area (Å²) in [5.74, 6) is 0.173. The van der Waals surface area contributed by atoms with E-state index in [1.54, 1.807) is 24.3 Å². The third kappa shape index (κ3) is 4.93. The van der Waals surface area contributed by atoms with Gasteiger partial charge in [0.25, 0.3) is 0 Å². The van der Waals surface area contributed by atoms with E-state index in [9.17, 15) is 9.18 Å². The van der Waals surface area contributed by atoms with Gasteiger partial charge >= 0.3 is 0 Å². The standard InChI is InChI=1S/C22H19FN4O2S2/c23-18-7-5-17(6-8-18)22(9-11-29-12-10-22)19(28)25-20-26-27-21(31-20)30-14-16-3-1-15(13-24)2-4-16/h1-8H,9-12,14H2,(H,25,26,28). The van der Waals surface area contributed by atoms with Gasteiger partial charge in [0.05, 0.1) is 17.0 Å². The molecule has 4 rings (SSSR count). The van der Waals surface area contributed by atoms with Crippen LogP contribution >= 0.6 is 23.1 Å². The number of benzene rings is 2. The molecule has 6 nitrogen and oxygen atoms in total. The molecule has 1 saturated heterocycles. The first-order valence-corrected chi connectivity index (χ1v) is 11.5. The summed E-state index contributed by atoms with van der Waals surface area (Å²) < 4.78 is 19.6. The molecule has 1 N–H and O–H groups in total. The van der Waals surface area contributed by atoms with Crippen molar-refractivity contribution in [2.24, 2.45) is 0 Å². The Morgan fingerprint density at radius 1 is 1.16 bits per heavy atom. The van der Waals surface area contributed by atoms with Crippen molar-refractivity contribution < 1.29 is 13.9 Å². The molecule has 0 saturated carbocycles. The van der Waals surface area contributed by atoms with Crippen molar-refractivity contribution in [1.29, 1.82) is 5.26 Å². The number of halogens is 1. The first kappa shape index (κ1) is 21.4. The molecular formula is C22H19FN4O2S2. The van der Waals surface area contributed by atoms with E-state index in [1.165, 1.54) is 35.2 Å². The van der Waals surface area contributed by atoms with Crippen LogP contribution in [0.15, 0.2) is 52.9 Å². The van der Waals surface area contributed by atoms with Crippen LogP contribution in [0.1, 0.15) is 29.5 Å². The molecule has 31 heavy (non-hydrogen) atoms. The van der Waals surface area contributed by atoms with Crippen LogP contribution in [0.25, 0.3) is 0 Å². The fourth-order valence-electron chi connectivity index (χ4n) is 3.49. The molecule has 9 heteroatoms. The van der Waals surface area contributed by atoms with Crippen LogP contribution < -0.4 is 5.32 Å². The van der Waals surface area contributed by atoms with Crippen molar-refractivity contribution in [1.82, 2.24) is 10.2 Å². The SMILES string of the molecule is N#Cc1ccc(CSc2nnc(NC(=O)C3(c4ccc(F)cc4)CCOCC3)s2)cc1. The number of rotatable bonds is 6. The Hall–Kier alpha value is -2.80. The molecule has 3 aromatic rings. The zero-order chi connectivity index (χ0) is 21.7. The molecule has 1 fully saturated rings. The van der Waals surface area contributed by atoms with Gasteiger partial charge in [-0.1, -0.05) is 47.4 Å². The monoisotopic (exact) mass is 454 g/mol. The van der Waals surface area contributed by atoms with Gasteiger partial charge in [-0.05, 0) is 48.2 Å². The van der Waals surface area contributed by atoms with Gasteiger partial charge in [0.15, 0.2) is 4.34 Å². The van der Waals surface area contributed by atoms with E-state index in [0.29, 0.717) is 42.5 Å². The van der Waals surface area contributed by atoms with E-state index < -0.39 is 5.41 Å². The Bertz CT molecular complexity index is 1090. The minimum absolute atomic E-state index is 0.179. The van der Waals surface area contributed by atoms with Gasteiger partial charge in [-0.25, -0.2) is 4.39 Å². The number of thioether (sulfide) groups is 1. The second-order valence-electron chi connectivity index (χ2n) is 7.13. The predicted molar refractivity (Wildman–Crippen MR) is 117 cm³/mol. The van der Waals surface area contributed by atoms with Crippen molar-refractivity contribution in [2.45, 2.75) is 28.3 Å². The lowest BCUT2D eigenvalue weighted by atomic mass is 9.73. The fourth-order valence-corrected chi connectivity index (χ4v) is 5.19. The highest BCUT2D eigenvalue weighted by atomic mass is 32.2. The van der Waals surface area contributed by atoms with E-state index in [4.69, 9.17) is 10.00 Å². The number of amides is 1. The Labute approximate surface area is 187 Å². The maximum atomic E-state index is 13.4. The number of nitriles is 1. The number of carbonyl (C=O) groups is 1. The molecule has 2 heterocycles. The van der Waals surface area contributed by atoms with Crippen LogP contribution in [0.3, 0.4) is 0 Å². The number of nitrogens with zero attached hydrogens (tertiary/aromatic N) is 3. The highest BCUT2D eigenvalue weighted by Crippen LogP contribution is 2.37. The molecule has 0 unspecified atom stereocenters. The summed E-state index contributed by atoms with van der Waals surface area (Å²) >= 11 is 2.83. The van der Waals surface area contributed by atoms with Crippen LogP contribution in [-0.4, -0.2) is 29.3 Å². The van der Waals surface area contributed by atoms with Gasteiger partial charge in [0, 0.05) is 19.0 Å². The predicted octanol–water partition coefficient (Wildman–Crippen LogP) is 4.53. The number of hydrogen-bond donors (Lipinski definition) is 1. The second-order valence-corrected chi connectivity index (χ2v) is 9.33. The number of nitrogens with one attached hydrogen (secondary N) is 1. The number of ether oxygens (including phenoxy) is 1. The van der Waals surface area contributed by atoms with E-state index >= 15 is 0 Å². The smallest absolute Gasteiger partial charge is 0.237 e. The van der Waals surface area contributed by atoms with E-state index in [-0.39, 0.29) is 11.7 Å². The zero-order valence-corrected chi connectivity index (χ0v) is 18.1. The lowest BCUT2D eigenvalue weighted by molar-refractivity contribution is -0.125. The third-order valence-corrected chi connectivity index (χ3v) is 7.29. The summed E-state index contributed by atoms with van der Waals surface area (Å²) in [6.45, 7) is 0.930. The molecule has 158 valence electrons. The average Bonchev–Trinajstić information content (AvgIpc) is 3.26. The third-order valence-electron chi connectivity index (χ3n) is 5.25. The minimum Gasteiger partial charge on any atom is -0.381 e. The number of hydrogen-bond acceptors (Lipinski definition) is 7. The van der Waals surface area contributed by atoms with E-state index in [1.807, 2.05) is 12.1 Å². The van der Waals surface area contributed by atoms with Crippen LogP contribution in [0.5, 0.6) is 0 Å². The molecule has 1 amide bonds. The van der Waals surface area contributed by atoms with Crippen molar-refractivity contribution >= 4 is 34.1 Å². The Morgan fingerprint density at radius 3 is 2.55 bits per heavy atom. The molecule has 2 aromatic carbocycles. The van der Waals surface area contributed by atoms with Crippen molar-refractivity contribution in [3.05, 3.63) is 71.0 Å². The van der Waals surface area contributed by atoms with Crippen molar-refractivity contribution in [3.8, 4) is 6.07 Å². The average molecular weight is 455 g/mol. The van der Waals surface area contributed by atoms with Gasteiger partial charge < -0.3 is 4.74 Å². The maximum Gasteiger partial charge on any atom is 0.237 e. The van der Waals surface area contributed by atoms with Crippen molar-refractivity contribution in [3.63, 3.8) is 0 Å². The summed E-state index contributed by atoms with van der Waals surface area (Å²) in [5.41, 5.74) is 1.68. The molecule has 0 spiro atoms. The lowest BCUT2D eigenvalue weighted by Gasteiger charge is -2.35. The zero-order valence-electron chi connectivity index (χ0n) is 16.5. The summed E-state index contributed by atoms with van der Waals surface area (Å²) in [7, 11) is 0. The summed E-state index contributed by atoms with van der Waals surface area (Å²) in [4.78, 5) is 13.3. The molecular weight excluding hydrogens is 435 g/mol. The highest BCUT2D eigenvalue weighted by Gasteiger charge is 2.42. The topological polar surface area (TPSA) is 87.9 Å². The van der Waals surface area contributed by atoms with Crippen molar-refractivity contribution in [2.75, 3.05) is 18.5 Å². The van der Waals surface area contributed by atoms with Crippen LogP contribution in [-0.2, 0) is 20.7 Å². The Kier molecular flexibility index (Phi) is 6.61. The maximum absolute atomic E-state index is 13.4. The molecule has 0 radical (unpaired) electrons. The molecule has 0 aliphatic carbocycles. The van der Waals surface area contributed by atoms with Gasteiger partial charge in [-0.15, -0.1) is 10.2 Å². The second kappa shape index (κ2) is 9.56. The van der Waals surface area contributed by atoms with Gasteiger partial charge in [-0.3, -0.25) is 10.1 Å². The largest absolute Gasteiger partial charge is 0.381 e. The highest BCUT2D eigenvalue weighted by molar-refractivity contribution is 8.00. The summed E-state index contributed by atoms with van der Waals surface area (Å²) in [6.07, 6.45) is 1.03. The number of carbonyl (C=O) groups excluding carboxylic acids is 1. The van der Waals surface area contributed by atoms with Gasteiger partial charge in [0.1, 0.15) is 5.82 Å². The molecule has 1 aromatic heterocycles. The van der Waals surface area contributed by atoms with Gasteiger partial charge in [0.2, 0.25) is 11.0 Å². The molecule has 0 bridgehead atoms. The van der Waals surface area contributed by atoms with Crippen LogP contribution in [0, 0.1) is 17.1 Å². The lowest BCUT2D eigenvalue weighted by Crippen LogP contribution is -2.44. The minimum atomic E-state index is -0.784. The summed E-state index contributed by atoms with van der Waals surface area (Å²) in [5, 5.41) is 20.5. The van der Waals surface area contributed by atoms with Gasteiger partial charge in [-0.2, -0.15) is 5.26 Å². The van der Waals surface area contributed by atoms with Crippen LogP contribution in [0.2, 0.25) is 0 Å². The number of aromatic nitrogens is 2. The first-order valence-electron chi connectivity index (χ1n) is 9.70. The Balaban J connectivity index is 1.44. The Morgan fingerprint density at radius 2 is 1.87 bits per heavy atom. The molecule has 1 aliphatic heterocycles. The van der Waals surface area contributed by atoms with E-state index in [2.05, 4.69) is 21.6 Å². The fraction of sp³-hybridized carbons (Fsp3) is 0.273.